The molecule has 1 fully saturated rings. The van der Waals surface area contributed by atoms with Crippen LogP contribution in [0.4, 0.5) is 4.39 Å². The molecule has 82 valence electrons. The Labute approximate surface area is 102 Å². The van der Waals surface area contributed by atoms with E-state index in [2.05, 4.69) is 21.2 Å². The van der Waals surface area contributed by atoms with Crippen molar-refractivity contribution in [3.8, 4) is 0 Å². The van der Waals surface area contributed by atoms with Crippen molar-refractivity contribution in [3.05, 3.63) is 33.0 Å². The highest BCUT2D eigenvalue weighted by Gasteiger charge is 2.17. The van der Waals surface area contributed by atoms with Gasteiger partial charge in [-0.1, -0.05) is 18.0 Å². The van der Waals surface area contributed by atoms with Crippen LogP contribution in [0.3, 0.4) is 0 Å². The van der Waals surface area contributed by atoms with Gasteiger partial charge in [-0.3, -0.25) is 0 Å². The third kappa shape index (κ3) is 2.52. The van der Waals surface area contributed by atoms with E-state index < -0.39 is 0 Å². The molecule has 1 heterocycles. The van der Waals surface area contributed by atoms with Gasteiger partial charge in [-0.25, -0.2) is 4.39 Å². The number of halogens is 3. The van der Waals surface area contributed by atoms with Crippen molar-refractivity contribution < 1.29 is 4.39 Å². The lowest BCUT2D eigenvalue weighted by Gasteiger charge is -2.24. The zero-order valence-corrected chi connectivity index (χ0v) is 10.5. The predicted molar refractivity (Wildman–Crippen MR) is 63.7 cm³/mol. The molecular formula is C11H12BrClFN. The van der Waals surface area contributed by atoms with Crippen LogP contribution in [0.15, 0.2) is 16.6 Å². The molecule has 2 rings (SSSR count). The molecule has 0 aromatic heterocycles. The lowest BCUT2D eigenvalue weighted by Crippen LogP contribution is -2.26. The molecular weight excluding hydrogens is 280 g/mol. The largest absolute Gasteiger partial charge is 0.310 e. The standard InChI is InChI=1S/C11H12BrClFN/c12-11-8(13)5-7(6-9(11)14)10-3-1-2-4-15-10/h5-6,10,15H,1-4H2. The number of hydrogen-bond donors (Lipinski definition) is 1. The maximum Gasteiger partial charge on any atom is 0.139 e. The fraction of sp³-hybridized carbons (Fsp3) is 0.455. The van der Waals surface area contributed by atoms with Gasteiger partial charge < -0.3 is 5.32 Å². The molecule has 1 aromatic rings. The van der Waals surface area contributed by atoms with E-state index >= 15 is 0 Å². The molecule has 1 saturated heterocycles. The third-order valence-electron chi connectivity index (χ3n) is 2.72. The molecule has 0 amide bonds. The second-order valence-corrected chi connectivity index (χ2v) is 5.00. The first-order chi connectivity index (χ1) is 7.18. The van der Waals surface area contributed by atoms with Crippen LogP contribution in [-0.4, -0.2) is 6.54 Å². The van der Waals surface area contributed by atoms with Gasteiger partial charge >= 0.3 is 0 Å². The van der Waals surface area contributed by atoms with E-state index in [1.54, 1.807) is 6.07 Å². The molecule has 0 radical (unpaired) electrons. The average molecular weight is 293 g/mol. The van der Waals surface area contributed by atoms with Crippen molar-refractivity contribution in [3.63, 3.8) is 0 Å². The van der Waals surface area contributed by atoms with Gasteiger partial charge in [0.15, 0.2) is 0 Å². The van der Waals surface area contributed by atoms with E-state index in [9.17, 15) is 4.39 Å². The number of rotatable bonds is 1. The van der Waals surface area contributed by atoms with E-state index in [0.29, 0.717) is 9.50 Å². The molecule has 1 nitrogen and oxygen atoms in total. The van der Waals surface area contributed by atoms with Gasteiger partial charge in [0.2, 0.25) is 0 Å². The summed E-state index contributed by atoms with van der Waals surface area (Å²) in [4.78, 5) is 0. The topological polar surface area (TPSA) is 12.0 Å². The average Bonchev–Trinajstić information content (AvgIpc) is 2.26. The lowest BCUT2D eigenvalue weighted by molar-refractivity contribution is 0.411. The van der Waals surface area contributed by atoms with Gasteiger partial charge in [0.25, 0.3) is 0 Å². The van der Waals surface area contributed by atoms with Gasteiger partial charge in [0.05, 0.1) is 9.50 Å². The van der Waals surface area contributed by atoms with E-state index in [4.69, 9.17) is 11.6 Å². The van der Waals surface area contributed by atoms with Crippen LogP contribution in [0.1, 0.15) is 30.9 Å². The summed E-state index contributed by atoms with van der Waals surface area (Å²) in [6.45, 7) is 1.000. The minimum absolute atomic E-state index is 0.249. The quantitative estimate of drug-likeness (QED) is 0.770. The summed E-state index contributed by atoms with van der Waals surface area (Å²) in [5.41, 5.74) is 0.945. The van der Waals surface area contributed by atoms with Crippen molar-refractivity contribution in [2.45, 2.75) is 25.3 Å². The minimum Gasteiger partial charge on any atom is -0.310 e. The summed E-state index contributed by atoms with van der Waals surface area (Å²) in [7, 11) is 0. The van der Waals surface area contributed by atoms with Gasteiger partial charge in [-0.05, 0) is 53.0 Å². The molecule has 1 atom stereocenters. The van der Waals surface area contributed by atoms with Crippen molar-refractivity contribution in [2.24, 2.45) is 0 Å². The number of benzene rings is 1. The Morgan fingerprint density at radius 3 is 2.80 bits per heavy atom. The molecule has 1 aromatic carbocycles. The summed E-state index contributed by atoms with van der Waals surface area (Å²) in [6, 6.07) is 3.63. The van der Waals surface area contributed by atoms with Crippen molar-refractivity contribution in [2.75, 3.05) is 6.54 Å². The molecule has 1 unspecified atom stereocenters. The Hall–Kier alpha value is -0.120. The number of nitrogens with one attached hydrogen (secondary N) is 1. The monoisotopic (exact) mass is 291 g/mol. The summed E-state index contributed by atoms with van der Waals surface area (Å²) >= 11 is 9.03. The highest BCUT2D eigenvalue weighted by molar-refractivity contribution is 9.10. The fourth-order valence-electron chi connectivity index (χ4n) is 1.91. The Bertz CT molecular complexity index is 341. The molecule has 15 heavy (non-hydrogen) atoms. The maximum absolute atomic E-state index is 13.4. The van der Waals surface area contributed by atoms with Crippen LogP contribution in [0.2, 0.25) is 5.02 Å². The molecule has 0 saturated carbocycles. The molecule has 4 heteroatoms. The van der Waals surface area contributed by atoms with Gasteiger partial charge in [0, 0.05) is 6.04 Å². The molecule has 0 spiro atoms. The third-order valence-corrected chi connectivity index (χ3v) is 4.05. The molecule has 0 bridgehead atoms. The van der Waals surface area contributed by atoms with Crippen molar-refractivity contribution >= 4 is 27.5 Å². The number of piperidine rings is 1. The summed E-state index contributed by atoms with van der Waals surface area (Å²) in [5, 5.41) is 3.81. The highest BCUT2D eigenvalue weighted by atomic mass is 79.9. The highest BCUT2D eigenvalue weighted by Crippen LogP contribution is 2.31. The van der Waals surface area contributed by atoms with Crippen LogP contribution >= 0.6 is 27.5 Å². The van der Waals surface area contributed by atoms with Crippen LogP contribution in [0.5, 0.6) is 0 Å². The Morgan fingerprint density at radius 2 is 2.20 bits per heavy atom. The zero-order chi connectivity index (χ0) is 10.8. The molecule has 1 aliphatic heterocycles. The molecule has 1 aliphatic rings. The first-order valence-corrected chi connectivity index (χ1v) is 6.23. The first-order valence-electron chi connectivity index (χ1n) is 5.06. The SMILES string of the molecule is Fc1cc(C2CCCCN2)cc(Cl)c1Br. The first kappa shape index (κ1) is 11.4. The summed E-state index contributed by atoms with van der Waals surface area (Å²) in [5.74, 6) is -0.287. The summed E-state index contributed by atoms with van der Waals surface area (Å²) in [6.07, 6.45) is 3.44. The lowest BCUT2D eigenvalue weighted by atomic mass is 9.97. The minimum atomic E-state index is -0.287. The van der Waals surface area contributed by atoms with Crippen LogP contribution < -0.4 is 5.32 Å². The normalized spacial score (nSPS) is 21.7. The van der Waals surface area contributed by atoms with Gasteiger partial charge in [0.1, 0.15) is 5.82 Å². The smallest absolute Gasteiger partial charge is 0.139 e. The Morgan fingerprint density at radius 1 is 1.40 bits per heavy atom. The Kier molecular flexibility index (Phi) is 3.65. The Balaban J connectivity index is 2.27. The fourth-order valence-corrected chi connectivity index (χ4v) is 2.36. The van der Waals surface area contributed by atoms with E-state index in [0.717, 1.165) is 18.5 Å². The second kappa shape index (κ2) is 4.81. The molecule has 1 N–H and O–H groups in total. The predicted octanol–water partition coefficient (Wildman–Crippen LogP) is 4.06. The maximum atomic E-state index is 13.4. The van der Waals surface area contributed by atoms with Crippen LogP contribution in [0, 0.1) is 5.82 Å². The van der Waals surface area contributed by atoms with E-state index in [-0.39, 0.29) is 11.9 Å². The van der Waals surface area contributed by atoms with Gasteiger partial charge in [-0.15, -0.1) is 0 Å². The van der Waals surface area contributed by atoms with Crippen molar-refractivity contribution in [1.82, 2.24) is 5.32 Å². The van der Waals surface area contributed by atoms with E-state index in [1.807, 2.05) is 6.07 Å². The van der Waals surface area contributed by atoms with Crippen molar-refractivity contribution in [1.29, 1.82) is 0 Å². The van der Waals surface area contributed by atoms with Crippen LogP contribution in [0.25, 0.3) is 0 Å². The number of hydrogen-bond acceptors (Lipinski definition) is 1. The summed E-state index contributed by atoms with van der Waals surface area (Å²) < 4.78 is 13.8. The molecule has 0 aliphatic carbocycles. The van der Waals surface area contributed by atoms with Crippen LogP contribution in [-0.2, 0) is 0 Å². The second-order valence-electron chi connectivity index (χ2n) is 3.80. The van der Waals surface area contributed by atoms with E-state index in [1.165, 1.54) is 12.8 Å². The van der Waals surface area contributed by atoms with Gasteiger partial charge in [-0.2, -0.15) is 0 Å². The zero-order valence-electron chi connectivity index (χ0n) is 8.19.